The first-order valence-corrected chi connectivity index (χ1v) is 12.4. The molecule has 1 fully saturated rings. The third kappa shape index (κ3) is 5.15. The molecule has 3 aromatic rings. The second-order valence-corrected chi connectivity index (χ2v) is 9.53. The number of amides is 1. The first-order chi connectivity index (χ1) is 16.5. The van der Waals surface area contributed by atoms with Crippen molar-refractivity contribution < 1.29 is 9.53 Å². The quantitative estimate of drug-likeness (QED) is 0.262. The Kier molecular flexibility index (Phi) is 7.64. The molecular weight excluding hydrogens is 468 g/mol. The second-order valence-electron chi connectivity index (χ2n) is 7.86. The monoisotopic (exact) mass is 494 g/mol. The van der Waals surface area contributed by atoms with Gasteiger partial charge in [-0.1, -0.05) is 61.9 Å². The van der Waals surface area contributed by atoms with Gasteiger partial charge in [0.15, 0.2) is 0 Å². The summed E-state index contributed by atoms with van der Waals surface area (Å²) in [6, 6.07) is 12.9. The Bertz CT molecular complexity index is 1300. The van der Waals surface area contributed by atoms with Gasteiger partial charge >= 0.3 is 0 Å². The molecule has 1 N–H and O–H groups in total. The summed E-state index contributed by atoms with van der Waals surface area (Å²) in [5.41, 5.74) is 1.60. The van der Waals surface area contributed by atoms with Crippen LogP contribution in [0.25, 0.3) is 11.7 Å². The number of carbonyl (C=O) groups excluding carboxylic acids is 1. The van der Waals surface area contributed by atoms with Crippen LogP contribution in [0, 0.1) is 0 Å². The van der Waals surface area contributed by atoms with Gasteiger partial charge in [-0.25, -0.2) is 4.98 Å². The fourth-order valence-electron chi connectivity index (χ4n) is 3.63. The third-order valence-electron chi connectivity index (χ3n) is 5.49. The molecule has 0 bridgehead atoms. The molecule has 1 amide bonds. The number of ether oxygens (including phenoxy) is 1. The molecule has 1 aliphatic rings. The summed E-state index contributed by atoms with van der Waals surface area (Å²) in [5, 5.41) is 3.30. The van der Waals surface area contributed by atoms with Crippen LogP contribution >= 0.6 is 24.0 Å². The molecular formula is C25H26N4O3S2. The Hall–Kier alpha value is -3.17. The van der Waals surface area contributed by atoms with Gasteiger partial charge in [-0.15, -0.1) is 0 Å². The summed E-state index contributed by atoms with van der Waals surface area (Å²) < 4.78 is 7.14. The number of nitrogens with zero attached hydrogens (tertiary/aromatic N) is 3. The fourth-order valence-corrected chi connectivity index (χ4v) is 4.87. The Balaban J connectivity index is 1.65. The van der Waals surface area contributed by atoms with Gasteiger partial charge in [0, 0.05) is 12.7 Å². The number of rotatable bonds is 9. The minimum Gasteiger partial charge on any atom is -0.497 e. The molecule has 0 saturated carbocycles. The maximum Gasteiger partial charge on any atom is 0.267 e. The summed E-state index contributed by atoms with van der Waals surface area (Å²) in [5.74, 6) is 1.00. The lowest BCUT2D eigenvalue weighted by atomic mass is 10.2. The van der Waals surface area contributed by atoms with Crippen LogP contribution in [0.4, 0.5) is 5.82 Å². The molecule has 0 unspecified atom stereocenters. The number of hydrogen-bond donors (Lipinski definition) is 1. The van der Waals surface area contributed by atoms with Gasteiger partial charge in [0.1, 0.15) is 21.5 Å². The van der Waals surface area contributed by atoms with Crippen LogP contribution < -0.4 is 15.6 Å². The van der Waals surface area contributed by atoms with Crippen molar-refractivity contribution in [3.63, 3.8) is 0 Å². The summed E-state index contributed by atoms with van der Waals surface area (Å²) >= 11 is 6.69. The van der Waals surface area contributed by atoms with Crippen molar-refractivity contribution >= 4 is 51.7 Å². The van der Waals surface area contributed by atoms with Crippen molar-refractivity contribution in [2.75, 3.05) is 19.0 Å². The van der Waals surface area contributed by atoms with E-state index in [-0.39, 0.29) is 11.5 Å². The molecule has 7 nitrogen and oxygen atoms in total. The molecule has 1 aliphatic heterocycles. The molecule has 2 aromatic heterocycles. The summed E-state index contributed by atoms with van der Waals surface area (Å²) in [7, 11) is 1.61. The zero-order valence-corrected chi connectivity index (χ0v) is 20.7. The maximum atomic E-state index is 13.3. The molecule has 9 heteroatoms. The highest BCUT2D eigenvalue weighted by Gasteiger charge is 2.32. The molecule has 34 heavy (non-hydrogen) atoms. The highest BCUT2D eigenvalue weighted by Crippen LogP contribution is 2.34. The summed E-state index contributed by atoms with van der Waals surface area (Å²) in [4.78, 5) is 33.1. The van der Waals surface area contributed by atoms with Gasteiger partial charge < -0.3 is 10.1 Å². The smallest absolute Gasteiger partial charge is 0.267 e. The van der Waals surface area contributed by atoms with Crippen LogP contribution in [0.5, 0.6) is 5.75 Å². The molecule has 0 radical (unpaired) electrons. The lowest BCUT2D eigenvalue weighted by Crippen LogP contribution is -2.27. The maximum absolute atomic E-state index is 13.3. The van der Waals surface area contributed by atoms with E-state index in [1.807, 2.05) is 30.3 Å². The highest BCUT2D eigenvalue weighted by atomic mass is 32.2. The topological polar surface area (TPSA) is 75.9 Å². The minimum atomic E-state index is -0.232. The predicted octanol–water partition coefficient (Wildman–Crippen LogP) is 4.71. The van der Waals surface area contributed by atoms with E-state index >= 15 is 0 Å². The molecule has 1 saturated heterocycles. The number of benzene rings is 1. The number of nitrogens with one attached hydrogen (secondary N) is 1. The molecule has 176 valence electrons. The Labute approximate surface area is 207 Å². The van der Waals surface area contributed by atoms with Crippen LogP contribution in [0.2, 0.25) is 0 Å². The van der Waals surface area contributed by atoms with Crippen molar-refractivity contribution in [3.05, 3.63) is 75.0 Å². The van der Waals surface area contributed by atoms with E-state index in [0.717, 1.165) is 30.6 Å². The number of aromatic nitrogens is 2. The molecule has 0 atom stereocenters. The van der Waals surface area contributed by atoms with E-state index in [4.69, 9.17) is 17.0 Å². The van der Waals surface area contributed by atoms with Gasteiger partial charge in [0.25, 0.3) is 11.5 Å². The van der Waals surface area contributed by atoms with Gasteiger partial charge in [0.2, 0.25) is 0 Å². The number of anilines is 1. The van der Waals surface area contributed by atoms with Crippen molar-refractivity contribution in [1.29, 1.82) is 0 Å². The van der Waals surface area contributed by atoms with Crippen LogP contribution in [-0.2, 0) is 11.3 Å². The first kappa shape index (κ1) is 24.0. The zero-order chi connectivity index (χ0) is 24.1. The van der Waals surface area contributed by atoms with Crippen molar-refractivity contribution in [2.45, 2.75) is 32.7 Å². The molecule has 0 aliphatic carbocycles. The van der Waals surface area contributed by atoms with E-state index in [1.165, 1.54) is 16.2 Å². The molecule has 1 aromatic carbocycles. The number of hydrogen-bond acceptors (Lipinski definition) is 7. The van der Waals surface area contributed by atoms with Crippen molar-refractivity contribution in [3.8, 4) is 5.75 Å². The van der Waals surface area contributed by atoms with E-state index in [2.05, 4.69) is 17.2 Å². The number of carbonyl (C=O) groups is 1. The van der Waals surface area contributed by atoms with E-state index in [1.54, 1.807) is 36.4 Å². The number of fused-ring (bicyclic) bond motifs is 1. The summed E-state index contributed by atoms with van der Waals surface area (Å²) in [6.07, 6.45) is 6.44. The fraction of sp³-hybridized carbons (Fsp3) is 0.280. The van der Waals surface area contributed by atoms with Crippen LogP contribution in [0.1, 0.15) is 37.3 Å². The van der Waals surface area contributed by atoms with Crippen LogP contribution in [-0.4, -0.2) is 38.2 Å². The van der Waals surface area contributed by atoms with Crippen molar-refractivity contribution in [2.24, 2.45) is 0 Å². The Morgan fingerprint density at radius 2 is 1.94 bits per heavy atom. The molecule has 4 rings (SSSR count). The number of thiocarbonyl (C=S) groups is 1. The number of pyridine rings is 1. The normalized spacial score (nSPS) is 14.9. The average Bonchev–Trinajstić information content (AvgIpc) is 3.11. The first-order valence-electron chi connectivity index (χ1n) is 11.2. The summed E-state index contributed by atoms with van der Waals surface area (Å²) in [6.45, 7) is 3.19. The lowest BCUT2D eigenvalue weighted by Gasteiger charge is -2.14. The number of methoxy groups -OCH3 is 1. The largest absolute Gasteiger partial charge is 0.497 e. The van der Waals surface area contributed by atoms with Crippen molar-refractivity contribution in [1.82, 2.24) is 14.3 Å². The van der Waals surface area contributed by atoms with E-state index in [9.17, 15) is 9.59 Å². The Morgan fingerprint density at radius 3 is 2.68 bits per heavy atom. The highest BCUT2D eigenvalue weighted by molar-refractivity contribution is 8.26. The standard InChI is InChI=1S/C25H26N4O3S2/c1-3-4-6-13-26-22-19(23(30)28-14-7-5-8-21(28)27-22)15-20-24(31)29(25(33)34-20)16-17-9-11-18(32-2)12-10-17/h5,7-12,14-15,26H,3-4,6,13,16H2,1-2H3/b20-15+. The molecule has 0 spiro atoms. The van der Waals surface area contributed by atoms with Gasteiger partial charge in [-0.2, -0.15) is 0 Å². The van der Waals surface area contributed by atoms with Gasteiger partial charge in [0.05, 0.1) is 24.1 Å². The minimum absolute atomic E-state index is 0.222. The lowest BCUT2D eigenvalue weighted by molar-refractivity contribution is -0.122. The number of thioether (sulfide) groups is 1. The van der Waals surface area contributed by atoms with Gasteiger partial charge in [-0.05, 0) is 42.3 Å². The van der Waals surface area contributed by atoms with E-state index in [0.29, 0.717) is 39.3 Å². The third-order valence-corrected chi connectivity index (χ3v) is 6.87. The second kappa shape index (κ2) is 10.8. The van der Waals surface area contributed by atoms with E-state index < -0.39 is 0 Å². The SMILES string of the molecule is CCCCCNc1nc2ccccn2c(=O)c1/C=C1/SC(=S)N(Cc2ccc(OC)cc2)C1=O. The zero-order valence-electron chi connectivity index (χ0n) is 19.1. The van der Waals surface area contributed by atoms with Gasteiger partial charge in [-0.3, -0.25) is 18.9 Å². The molecule has 3 heterocycles. The van der Waals surface area contributed by atoms with Crippen LogP contribution in [0.15, 0.2) is 58.4 Å². The van der Waals surface area contributed by atoms with Crippen LogP contribution in [0.3, 0.4) is 0 Å². The number of unbranched alkanes of at least 4 members (excludes halogenated alkanes) is 2. The average molecular weight is 495 g/mol. The predicted molar refractivity (Wildman–Crippen MR) is 141 cm³/mol. The Morgan fingerprint density at radius 1 is 1.15 bits per heavy atom.